The molecule has 2 fully saturated rings. The second-order valence-electron chi connectivity index (χ2n) is 7.84. The fraction of sp³-hybridized carbons (Fsp3) is 0.619. The third-order valence-electron chi connectivity index (χ3n) is 5.75. The highest BCUT2D eigenvalue weighted by Crippen LogP contribution is 2.29. The van der Waals surface area contributed by atoms with E-state index in [1.54, 1.807) is 4.90 Å². The molecule has 3 rings (SSSR count). The van der Waals surface area contributed by atoms with Gasteiger partial charge in [0.25, 0.3) is 0 Å². The summed E-state index contributed by atoms with van der Waals surface area (Å²) in [5, 5.41) is 3.20. The molecule has 5 nitrogen and oxygen atoms in total. The van der Waals surface area contributed by atoms with Crippen LogP contribution in [0.25, 0.3) is 0 Å². The molecule has 2 amide bonds. The van der Waals surface area contributed by atoms with Crippen LogP contribution in [-0.2, 0) is 9.59 Å². The first-order valence-corrected chi connectivity index (χ1v) is 9.82. The van der Waals surface area contributed by atoms with Crippen molar-refractivity contribution in [3.05, 3.63) is 29.3 Å². The lowest BCUT2D eigenvalue weighted by Gasteiger charge is -2.33. The standard InChI is InChI=1S/C21H31N3O2/c1-15-12-16(2)14-18(13-15)24-11-7-19(21(24)26)20(25)23-9-5-17(6-10-23)4-8-22-3/h12-14,17,19,22H,4-11H2,1-3H3. The number of aryl methyl sites for hydroxylation is 2. The van der Waals surface area contributed by atoms with E-state index >= 15 is 0 Å². The van der Waals surface area contributed by atoms with Crippen molar-refractivity contribution in [1.29, 1.82) is 0 Å². The van der Waals surface area contributed by atoms with Crippen molar-refractivity contribution < 1.29 is 9.59 Å². The first kappa shape index (κ1) is 18.9. The van der Waals surface area contributed by atoms with Crippen molar-refractivity contribution in [1.82, 2.24) is 10.2 Å². The Hall–Kier alpha value is -1.88. The minimum absolute atomic E-state index is 0.0303. The van der Waals surface area contributed by atoms with Crippen LogP contribution in [0.2, 0.25) is 0 Å². The lowest BCUT2D eigenvalue weighted by Crippen LogP contribution is -2.44. The fourth-order valence-corrected chi connectivity index (χ4v) is 4.28. The summed E-state index contributed by atoms with van der Waals surface area (Å²) in [4.78, 5) is 29.5. The number of hydrogen-bond acceptors (Lipinski definition) is 3. The van der Waals surface area contributed by atoms with E-state index in [1.807, 2.05) is 37.9 Å². The van der Waals surface area contributed by atoms with E-state index in [0.29, 0.717) is 18.9 Å². The highest BCUT2D eigenvalue weighted by Gasteiger charge is 2.40. The van der Waals surface area contributed by atoms with Gasteiger partial charge in [0.05, 0.1) is 0 Å². The molecule has 0 aliphatic carbocycles. The molecule has 2 aliphatic heterocycles. The number of nitrogens with zero attached hydrogens (tertiary/aromatic N) is 2. The van der Waals surface area contributed by atoms with Crippen molar-refractivity contribution in [2.24, 2.45) is 11.8 Å². The van der Waals surface area contributed by atoms with Crippen LogP contribution in [0.1, 0.15) is 36.8 Å². The van der Waals surface area contributed by atoms with Crippen molar-refractivity contribution >= 4 is 17.5 Å². The molecule has 0 aromatic heterocycles. The van der Waals surface area contributed by atoms with Crippen molar-refractivity contribution in [2.75, 3.05) is 38.1 Å². The molecule has 5 heteroatoms. The molecule has 0 bridgehead atoms. The second kappa shape index (κ2) is 8.21. The van der Waals surface area contributed by atoms with Gasteiger partial charge in [-0.3, -0.25) is 9.59 Å². The van der Waals surface area contributed by atoms with E-state index in [2.05, 4.69) is 11.4 Å². The number of carbonyl (C=O) groups is 2. The van der Waals surface area contributed by atoms with Gasteiger partial charge in [-0.2, -0.15) is 0 Å². The number of carbonyl (C=O) groups excluding carboxylic acids is 2. The smallest absolute Gasteiger partial charge is 0.239 e. The van der Waals surface area contributed by atoms with Crippen LogP contribution in [0.5, 0.6) is 0 Å². The molecular weight excluding hydrogens is 326 g/mol. The highest BCUT2D eigenvalue weighted by atomic mass is 16.2. The Morgan fingerprint density at radius 2 is 1.73 bits per heavy atom. The van der Waals surface area contributed by atoms with Gasteiger partial charge in [-0.05, 0) is 82.3 Å². The molecule has 0 saturated carbocycles. The average Bonchev–Trinajstić information content (AvgIpc) is 3.00. The van der Waals surface area contributed by atoms with Gasteiger partial charge in [0.2, 0.25) is 11.8 Å². The number of rotatable bonds is 5. The van der Waals surface area contributed by atoms with Gasteiger partial charge in [-0.1, -0.05) is 6.07 Å². The summed E-state index contributed by atoms with van der Waals surface area (Å²) in [5.74, 6) is 0.202. The molecule has 0 spiro atoms. The van der Waals surface area contributed by atoms with Gasteiger partial charge in [0.1, 0.15) is 5.92 Å². The molecule has 1 N–H and O–H groups in total. The van der Waals surface area contributed by atoms with Gasteiger partial charge in [0, 0.05) is 25.3 Å². The zero-order chi connectivity index (χ0) is 18.7. The lowest BCUT2D eigenvalue weighted by molar-refractivity contribution is -0.141. The molecule has 2 aliphatic rings. The van der Waals surface area contributed by atoms with Gasteiger partial charge < -0.3 is 15.1 Å². The number of anilines is 1. The number of nitrogens with one attached hydrogen (secondary N) is 1. The minimum atomic E-state index is -0.496. The zero-order valence-corrected chi connectivity index (χ0v) is 16.3. The summed E-state index contributed by atoms with van der Waals surface area (Å²) in [6.07, 6.45) is 3.90. The van der Waals surface area contributed by atoms with E-state index in [-0.39, 0.29) is 11.8 Å². The summed E-state index contributed by atoms with van der Waals surface area (Å²) in [6, 6.07) is 6.17. The van der Waals surface area contributed by atoms with Crippen molar-refractivity contribution in [2.45, 2.75) is 39.5 Å². The molecule has 1 atom stereocenters. The minimum Gasteiger partial charge on any atom is -0.342 e. The Labute approximate surface area is 156 Å². The third kappa shape index (κ3) is 4.09. The van der Waals surface area contributed by atoms with Crippen LogP contribution in [-0.4, -0.2) is 49.9 Å². The Morgan fingerprint density at radius 3 is 2.35 bits per heavy atom. The lowest BCUT2D eigenvalue weighted by atomic mass is 9.92. The molecular formula is C21H31N3O2. The summed E-state index contributed by atoms with van der Waals surface area (Å²) < 4.78 is 0. The van der Waals surface area contributed by atoms with Crippen LogP contribution in [0.15, 0.2) is 18.2 Å². The highest BCUT2D eigenvalue weighted by molar-refractivity contribution is 6.09. The first-order chi connectivity index (χ1) is 12.5. The quantitative estimate of drug-likeness (QED) is 0.824. The number of hydrogen-bond donors (Lipinski definition) is 1. The number of amides is 2. The molecule has 1 aromatic carbocycles. The Kier molecular flexibility index (Phi) is 5.97. The summed E-state index contributed by atoms with van der Waals surface area (Å²) in [5.41, 5.74) is 3.21. The number of likely N-dealkylation sites (tertiary alicyclic amines) is 1. The van der Waals surface area contributed by atoms with Gasteiger partial charge in [0.15, 0.2) is 0 Å². The Balaban J connectivity index is 1.60. The maximum Gasteiger partial charge on any atom is 0.239 e. The largest absolute Gasteiger partial charge is 0.342 e. The fourth-order valence-electron chi connectivity index (χ4n) is 4.28. The predicted molar refractivity (Wildman–Crippen MR) is 104 cm³/mol. The van der Waals surface area contributed by atoms with Gasteiger partial charge in [-0.15, -0.1) is 0 Å². The molecule has 0 radical (unpaired) electrons. The normalized spacial score (nSPS) is 21.5. The van der Waals surface area contributed by atoms with Crippen LogP contribution in [0.3, 0.4) is 0 Å². The van der Waals surface area contributed by atoms with E-state index in [9.17, 15) is 9.59 Å². The van der Waals surface area contributed by atoms with Gasteiger partial charge >= 0.3 is 0 Å². The summed E-state index contributed by atoms with van der Waals surface area (Å²) in [6.45, 7) is 7.33. The van der Waals surface area contributed by atoms with Crippen molar-refractivity contribution in [3.8, 4) is 0 Å². The van der Waals surface area contributed by atoms with E-state index in [1.165, 1.54) is 6.42 Å². The molecule has 26 heavy (non-hydrogen) atoms. The summed E-state index contributed by atoms with van der Waals surface area (Å²) >= 11 is 0. The second-order valence-corrected chi connectivity index (χ2v) is 7.84. The average molecular weight is 357 g/mol. The molecule has 1 aromatic rings. The molecule has 2 saturated heterocycles. The van der Waals surface area contributed by atoms with E-state index in [4.69, 9.17) is 0 Å². The Bertz CT molecular complexity index is 645. The SMILES string of the molecule is CNCCC1CCN(C(=O)C2CCN(c3cc(C)cc(C)c3)C2=O)CC1. The molecule has 1 unspecified atom stereocenters. The van der Waals surface area contributed by atoms with Crippen LogP contribution < -0.4 is 10.2 Å². The zero-order valence-electron chi connectivity index (χ0n) is 16.3. The Morgan fingerprint density at radius 1 is 1.08 bits per heavy atom. The maximum atomic E-state index is 12.9. The first-order valence-electron chi connectivity index (χ1n) is 9.82. The van der Waals surface area contributed by atoms with Crippen LogP contribution in [0.4, 0.5) is 5.69 Å². The topological polar surface area (TPSA) is 52.7 Å². The van der Waals surface area contributed by atoms with E-state index in [0.717, 1.165) is 49.3 Å². The van der Waals surface area contributed by atoms with Crippen LogP contribution >= 0.6 is 0 Å². The van der Waals surface area contributed by atoms with Crippen molar-refractivity contribution in [3.63, 3.8) is 0 Å². The third-order valence-corrected chi connectivity index (χ3v) is 5.75. The van der Waals surface area contributed by atoms with Gasteiger partial charge in [-0.25, -0.2) is 0 Å². The monoisotopic (exact) mass is 357 g/mol. The van der Waals surface area contributed by atoms with E-state index < -0.39 is 5.92 Å². The molecule has 142 valence electrons. The maximum absolute atomic E-state index is 12.9. The number of piperidine rings is 1. The molecule has 2 heterocycles. The number of benzene rings is 1. The summed E-state index contributed by atoms with van der Waals surface area (Å²) in [7, 11) is 1.98. The van der Waals surface area contributed by atoms with Crippen LogP contribution in [0, 0.1) is 25.7 Å². The predicted octanol–water partition coefficient (Wildman–Crippen LogP) is 2.50.